The molecule has 1 heterocycles. The van der Waals surface area contributed by atoms with Gasteiger partial charge >= 0.3 is 6.09 Å². The summed E-state index contributed by atoms with van der Waals surface area (Å²) in [6.07, 6.45) is 5.50. The fourth-order valence-electron chi connectivity index (χ4n) is 4.76. The van der Waals surface area contributed by atoms with E-state index < -0.39 is 0 Å². The Bertz CT molecular complexity index is 1170. The first kappa shape index (κ1) is 32.6. The van der Waals surface area contributed by atoms with Gasteiger partial charge in [0.05, 0.1) is 28.0 Å². The quantitative estimate of drug-likeness (QED) is 0.108. The number of hydrogen-bond acceptors (Lipinski definition) is 7. The number of anilines is 2. The number of benzene rings is 2. The van der Waals surface area contributed by atoms with Gasteiger partial charge in [0.25, 0.3) is 0 Å². The third-order valence-electron chi connectivity index (χ3n) is 6.88. The van der Waals surface area contributed by atoms with Gasteiger partial charge in [-0.1, -0.05) is 43.1 Å². The molecule has 1 aliphatic rings. The van der Waals surface area contributed by atoms with E-state index in [9.17, 15) is 9.59 Å². The van der Waals surface area contributed by atoms with Crippen molar-refractivity contribution in [3.8, 4) is 5.75 Å². The molecular weight excluding hydrogens is 563 g/mol. The number of rotatable bonds is 14. The van der Waals surface area contributed by atoms with Gasteiger partial charge in [-0.25, -0.2) is 4.79 Å². The molecule has 10 heteroatoms. The Morgan fingerprint density at radius 1 is 1.07 bits per heavy atom. The fraction of sp³-hybridized carbons (Fsp3) is 0.484. The van der Waals surface area contributed by atoms with Crippen molar-refractivity contribution >= 4 is 53.0 Å². The zero-order valence-electron chi connectivity index (χ0n) is 24.5. The van der Waals surface area contributed by atoms with Crippen LogP contribution in [0.1, 0.15) is 32.3 Å². The average molecular weight is 606 g/mol. The Balaban J connectivity index is 1.45. The standard InChI is InChI=1S/C31H42Cl2N4O4/c1-24(2)22-34(3)31(39)41-23-35(4)29-21-26(13-12-25(29)9-8-19-38)40-20-6-5-14-36-15-17-37(18-16-36)28-11-7-10-27(32)30(28)33/h7-13,19,21,24H,5-6,14-18,20,22-23H2,1-4H3/b9-8-. The zero-order valence-corrected chi connectivity index (χ0v) is 26.0. The van der Waals surface area contributed by atoms with Crippen LogP contribution in [0.15, 0.2) is 42.5 Å². The van der Waals surface area contributed by atoms with E-state index in [4.69, 9.17) is 32.7 Å². The van der Waals surface area contributed by atoms with Gasteiger partial charge in [-0.05, 0) is 67.3 Å². The number of carbonyl (C=O) groups is 2. The van der Waals surface area contributed by atoms with E-state index in [2.05, 4.69) is 9.80 Å². The molecule has 0 saturated carbocycles. The lowest BCUT2D eigenvalue weighted by atomic mass is 10.1. The Kier molecular flexibility index (Phi) is 13.1. The second-order valence-corrected chi connectivity index (χ2v) is 11.5. The van der Waals surface area contributed by atoms with Gasteiger partial charge in [0.1, 0.15) is 12.0 Å². The van der Waals surface area contributed by atoms with E-state index in [1.807, 2.05) is 62.2 Å². The van der Waals surface area contributed by atoms with E-state index in [-0.39, 0.29) is 12.8 Å². The van der Waals surface area contributed by atoms with Crippen molar-refractivity contribution < 1.29 is 19.1 Å². The molecule has 0 bridgehead atoms. The minimum absolute atomic E-state index is 0.0728. The van der Waals surface area contributed by atoms with E-state index in [0.29, 0.717) is 29.1 Å². The van der Waals surface area contributed by atoms with E-state index in [0.717, 1.165) is 74.5 Å². The molecule has 1 saturated heterocycles. The lowest BCUT2D eigenvalue weighted by molar-refractivity contribution is -0.104. The van der Waals surface area contributed by atoms with Crippen LogP contribution in [0.4, 0.5) is 16.2 Å². The number of aldehydes is 1. The highest BCUT2D eigenvalue weighted by Gasteiger charge is 2.19. The van der Waals surface area contributed by atoms with E-state index in [1.54, 1.807) is 18.0 Å². The third kappa shape index (κ3) is 10.1. The van der Waals surface area contributed by atoms with Gasteiger partial charge in [0.15, 0.2) is 6.73 Å². The number of piperazine rings is 1. The summed E-state index contributed by atoms with van der Waals surface area (Å²) in [6, 6.07) is 11.5. The molecule has 0 radical (unpaired) electrons. The number of allylic oxidation sites excluding steroid dienone is 1. The zero-order chi connectivity index (χ0) is 29.8. The van der Waals surface area contributed by atoms with Gasteiger partial charge in [0.2, 0.25) is 0 Å². The van der Waals surface area contributed by atoms with Crippen LogP contribution in [0.25, 0.3) is 6.08 Å². The van der Waals surface area contributed by atoms with Gasteiger partial charge in [-0.15, -0.1) is 0 Å². The van der Waals surface area contributed by atoms with Crippen LogP contribution < -0.4 is 14.5 Å². The predicted molar refractivity (Wildman–Crippen MR) is 169 cm³/mol. The highest BCUT2D eigenvalue weighted by atomic mass is 35.5. The van der Waals surface area contributed by atoms with Gasteiger partial charge in [-0.3, -0.25) is 9.69 Å². The molecule has 1 aliphatic heterocycles. The molecular formula is C31H42Cl2N4O4. The van der Waals surface area contributed by atoms with Crippen molar-refractivity contribution in [2.75, 3.05) is 76.5 Å². The number of carbonyl (C=O) groups excluding carboxylic acids is 2. The van der Waals surface area contributed by atoms with Crippen molar-refractivity contribution in [3.05, 3.63) is 58.1 Å². The van der Waals surface area contributed by atoms with Gasteiger partial charge in [0, 0.05) is 52.9 Å². The lowest BCUT2D eigenvalue weighted by Gasteiger charge is -2.36. The van der Waals surface area contributed by atoms with Crippen LogP contribution in [-0.2, 0) is 9.53 Å². The molecule has 0 aromatic heterocycles. The van der Waals surface area contributed by atoms with Gasteiger partial charge < -0.3 is 24.2 Å². The first-order chi connectivity index (χ1) is 19.7. The Labute approximate surface area is 254 Å². The van der Waals surface area contributed by atoms with Crippen molar-refractivity contribution in [1.29, 1.82) is 0 Å². The molecule has 1 amide bonds. The summed E-state index contributed by atoms with van der Waals surface area (Å²) in [5, 5.41) is 1.21. The summed E-state index contributed by atoms with van der Waals surface area (Å²) in [6.45, 7) is 10.2. The van der Waals surface area contributed by atoms with E-state index >= 15 is 0 Å². The second kappa shape index (κ2) is 16.5. The molecule has 2 aromatic rings. The maximum Gasteiger partial charge on any atom is 0.411 e. The number of ether oxygens (including phenoxy) is 2. The fourth-order valence-corrected chi connectivity index (χ4v) is 5.17. The van der Waals surface area contributed by atoms with Crippen LogP contribution in [0.3, 0.4) is 0 Å². The largest absolute Gasteiger partial charge is 0.494 e. The summed E-state index contributed by atoms with van der Waals surface area (Å²) in [4.78, 5) is 31.4. The van der Waals surface area contributed by atoms with Crippen LogP contribution in [0.2, 0.25) is 10.0 Å². The second-order valence-electron chi connectivity index (χ2n) is 10.7. The molecule has 0 N–H and O–H groups in total. The first-order valence-electron chi connectivity index (χ1n) is 14.1. The van der Waals surface area contributed by atoms with Gasteiger partial charge in [-0.2, -0.15) is 0 Å². The molecule has 0 unspecified atom stereocenters. The molecule has 1 fully saturated rings. The number of unbranched alkanes of at least 4 members (excludes halogenated alkanes) is 1. The van der Waals surface area contributed by atoms with Crippen LogP contribution in [0.5, 0.6) is 5.75 Å². The highest BCUT2D eigenvalue weighted by molar-refractivity contribution is 6.43. The SMILES string of the molecule is CC(C)CN(C)C(=O)OCN(C)c1cc(OCCCCN2CCN(c3cccc(Cl)c3Cl)CC2)ccc1/C=C\C=O. The maximum absolute atomic E-state index is 12.3. The minimum Gasteiger partial charge on any atom is -0.494 e. The Hall–Kier alpha value is -2.94. The predicted octanol–water partition coefficient (Wildman–Crippen LogP) is 6.30. The number of amides is 1. The molecule has 2 aromatic carbocycles. The molecule has 0 spiro atoms. The summed E-state index contributed by atoms with van der Waals surface area (Å²) >= 11 is 12.6. The number of halogens is 2. The van der Waals surface area contributed by atoms with Crippen LogP contribution in [-0.4, -0.2) is 88.9 Å². The van der Waals surface area contributed by atoms with E-state index in [1.165, 1.54) is 6.08 Å². The highest BCUT2D eigenvalue weighted by Crippen LogP contribution is 2.33. The van der Waals surface area contributed by atoms with Crippen molar-refractivity contribution in [2.24, 2.45) is 5.92 Å². The molecule has 224 valence electrons. The topological polar surface area (TPSA) is 65.6 Å². The summed E-state index contributed by atoms with van der Waals surface area (Å²) in [7, 11) is 3.57. The number of hydrogen-bond donors (Lipinski definition) is 0. The van der Waals surface area contributed by atoms with Crippen molar-refractivity contribution in [1.82, 2.24) is 9.80 Å². The van der Waals surface area contributed by atoms with Crippen molar-refractivity contribution in [2.45, 2.75) is 26.7 Å². The Morgan fingerprint density at radius 3 is 2.54 bits per heavy atom. The lowest BCUT2D eigenvalue weighted by Crippen LogP contribution is -2.46. The summed E-state index contributed by atoms with van der Waals surface area (Å²) in [5.74, 6) is 1.08. The molecule has 0 aliphatic carbocycles. The average Bonchev–Trinajstić information content (AvgIpc) is 2.96. The third-order valence-corrected chi connectivity index (χ3v) is 7.69. The molecule has 0 atom stereocenters. The smallest absolute Gasteiger partial charge is 0.411 e. The van der Waals surface area contributed by atoms with Crippen molar-refractivity contribution in [3.63, 3.8) is 0 Å². The monoisotopic (exact) mass is 604 g/mol. The summed E-state index contributed by atoms with van der Waals surface area (Å²) < 4.78 is 11.6. The minimum atomic E-state index is -0.377. The van der Waals surface area contributed by atoms with Crippen LogP contribution >= 0.6 is 23.2 Å². The maximum atomic E-state index is 12.3. The Morgan fingerprint density at radius 2 is 1.83 bits per heavy atom. The molecule has 41 heavy (non-hydrogen) atoms. The summed E-state index contributed by atoms with van der Waals surface area (Å²) in [5.41, 5.74) is 2.64. The number of nitrogens with zero attached hydrogens (tertiary/aromatic N) is 4. The molecule has 8 nitrogen and oxygen atoms in total. The molecule has 3 rings (SSSR count). The normalized spacial score (nSPS) is 14.0. The van der Waals surface area contributed by atoms with Crippen LogP contribution in [0, 0.1) is 5.92 Å². The first-order valence-corrected chi connectivity index (χ1v) is 14.8.